The molecule has 0 saturated carbocycles. The maximum atomic E-state index is 11.0. The van der Waals surface area contributed by atoms with Gasteiger partial charge in [0.15, 0.2) is 11.6 Å². The molecule has 37 heavy (non-hydrogen) atoms. The number of pyridine rings is 2. The van der Waals surface area contributed by atoms with Crippen molar-refractivity contribution in [3.63, 3.8) is 0 Å². The van der Waals surface area contributed by atoms with E-state index in [1.54, 1.807) is 38.4 Å². The molecule has 2 heterocycles. The molecule has 0 aliphatic rings. The average Bonchev–Trinajstić information content (AvgIpc) is 2.83. The normalized spacial score (nSPS) is 8.41. The van der Waals surface area contributed by atoms with Crippen LogP contribution in [0.5, 0.6) is 0 Å². The molecule has 0 aromatic carbocycles. The largest absolute Gasteiger partial charge is 0.417 e. The standard InChI is InChI=1S/C11H14N2O.C8H9NO.C4H9N.2C2H6O.2Y/c1-4-13(5-2)11-7-6-10(8-12-11)9(3)14;1-6-3-4-8(5-9-6)7(2)10;1-3-5-4-2;2*1-2-3;;/h6-8H,1-2,4-5H2,3H3;3-5H,1-2H3;5H,1-4H2;2*3H,2H2,1H3;;/q-2;;-2;;;;. The van der Waals surface area contributed by atoms with Crippen molar-refractivity contribution in [2.45, 2.75) is 34.6 Å². The second-order valence-corrected chi connectivity index (χ2v) is 6.58. The van der Waals surface area contributed by atoms with E-state index >= 15 is 0 Å². The monoisotopic (exact) mass is 666 g/mol. The molecule has 2 radical (unpaired) electrons. The fourth-order valence-electron chi connectivity index (χ4n) is 1.92. The summed E-state index contributed by atoms with van der Waals surface area (Å²) in [6, 6.07) is 7.19. The topological polar surface area (TPSA) is 116 Å². The average molecular weight is 666 g/mol. The molecule has 0 spiro atoms. The van der Waals surface area contributed by atoms with E-state index in [-0.39, 0.29) is 90.2 Å². The zero-order valence-electron chi connectivity index (χ0n) is 23.2. The van der Waals surface area contributed by atoms with Crippen molar-refractivity contribution in [1.29, 1.82) is 0 Å². The molecule has 2 aromatic heterocycles. The first-order chi connectivity index (χ1) is 16.6. The van der Waals surface area contributed by atoms with Gasteiger partial charge in [0.05, 0.1) is 0 Å². The Kier molecular flexibility index (Phi) is 42.1. The summed E-state index contributed by atoms with van der Waals surface area (Å²) in [5.41, 5.74) is 2.23. The van der Waals surface area contributed by atoms with Crippen LogP contribution in [0.1, 0.15) is 54.1 Å². The smallest absolute Gasteiger partial charge is 0.161 e. The number of hydrogen-bond acceptors (Lipinski definition) is 8. The van der Waals surface area contributed by atoms with E-state index in [1.165, 1.54) is 13.8 Å². The van der Waals surface area contributed by atoms with Crippen molar-refractivity contribution in [2.24, 2.45) is 0 Å². The van der Waals surface area contributed by atoms with Crippen molar-refractivity contribution in [3.8, 4) is 0 Å². The number of hydrogen-bond donors (Lipinski definition) is 3. The first-order valence-corrected chi connectivity index (χ1v) is 11.4. The van der Waals surface area contributed by atoms with Crippen molar-refractivity contribution in [2.75, 3.05) is 44.3 Å². The molecule has 10 heteroatoms. The van der Waals surface area contributed by atoms with Crippen molar-refractivity contribution >= 4 is 17.4 Å². The number of aromatic nitrogens is 2. The summed E-state index contributed by atoms with van der Waals surface area (Å²) < 4.78 is 0. The quantitative estimate of drug-likeness (QED) is 0.304. The van der Waals surface area contributed by atoms with E-state index in [0.717, 1.165) is 24.6 Å². The molecule has 0 unspecified atom stereocenters. The van der Waals surface area contributed by atoms with Crippen LogP contribution in [-0.2, 0) is 65.4 Å². The summed E-state index contributed by atoms with van der Waals surface area (Å²) in [6.45, 7) is 26.2. The van der Waals surface area contributed by atoms with Gasteiger partial charge in [-0.3, -0.25) is 14.6 Å². The number of aryl methyl sites for hydroxylation is 1. The Hall–Kier alpha value is -0.472. The fraction of sp³-hybridized carbons (Fsp3) is 0.407. The minimum atomic E-state index is 0. The predicted molar refractivity (Wildman–Crippen MR) is 145 cm³/mol. The van der Waals surface area contributed by atoms with E-state index in [9.17, 15) is 9.59 Å². The summed E-state index contributed by atoms with van der Waals surface area (Å²) in [5, 5.41) is 18.0. The number of carbonyl (C=O) groups excluding carboxylic acids is 2. The van der Waals surface area contributed by atoms with Gasteiger partial charge >= 0.3 is 0 Å². The molecular formula is C27H44N4O4Y2-4. The van der Waals surface area contributed by atoms with Crippen LogP contribution in [0.25, 0.3) is 0 Å². The van der Waals surface area contributed by atoms with E-state index < -0.39 is 0 Å². The van der Waals surface area contributed by atoms with Crippen LogP contribution in [0.2, 0.25) is 0 Å². The van der Waals surface area contributed by atoms with Gasteiger partial charge in [-0.2, -0.15) is 0 Å². The van der Waals surface area contributed by atoms with Gasteiger partial charge in [0.2, 0.25) is 0 Å². The Labute approximate surface area is 275 Å². The van der Waals surface area contributed by atoms with Gasteiger partial charge in [0, 0.05) is 108 Å². The number of aliphatic hydroxyl groups is 2. The van der Waals surface area contributed by atoms with Crippen LogP contribution in [0.4, 0.5) is 5.82 Å². The number of carbonyl (C=O) groups is 2. The Morgan fingerprint density at radius 3 is 1.41 bits per heavy atom. The fourth-order valence-corrected chi connectivity index (χ4v) is 1.92. The molecule has 0 amide bonds. The molecule has 0 aliphatic heterocycles. The molecule has 2 aromatic rings. The predicted octanol–water partition coefficient (Wildman–Crippen LogP) is 3.59. The summed E-state index contributed by atoms with van der Waals surface area (Å²) >= 11 is 0. The first-order valence-electron chi connectivity index (χ1n) is 11.4. The van der Waals surface area contributed by atoms with Crippen LogP contribution in [-0.4, -0.2) is 71.1 Å². The van der Waals surface area contributed by atoms with Gasteiger partial charge in [0.25, 0.3) is 0 Å². The Balaban J connectivity index is -0.000000130. The third kappa shape index (κ3) is 28.4. The zero-order valence-corrected chi connectivity index (χ0v) is 28.9. The third-order valence-electron chi connectivity index (χ3n) is 3.69. The third-order valence-corrected chi connectivity index (χ3v) is 3.69. The maximum Gasteiger partial charge on any atom is 0.161 e. The molecule has 2 rings (SSSR count). The van der Waals surface area contributed by atoms with Gasteiger partial charge in [0.1, 0.15) is 5.82 Å². The molecular weight excluding hydrogens is 622 g/mol. The van der Waals surface area contributed by atoms with E-state index in [0.29, 0.717) is 24.2 Å². The van der Waals surface area contributed by atoms with Crippen molar-refractivity contribution in [3.05, 3.63) is 81.2 Å². The molecule has 0 atom stereocenters. The molecule has 0 bridgehead atoms. The van der Waals surface area contributed by atoms with E-state index in [2.05, 4.69) is 43.0 Å². The van der Waals surface area contributed by atoms with Gasteiger partial charge in [-0.05, 0) is 58.9 Å². The number of rotatable bonds is 7. The SMILES string of the molecule is CC(=O)c1ccc(C)nc1.CCO.CCO.[CH2-]CN(C[CH2-])c1ccc(C(C)=O)cn1.[CH2-]CNC[CH2-].[Y].[Y]. The van der Waals surface area contributed by atoms with Gasteiger partial charge in [-0.15, -0.1) is 26.2 Å². The number of aliphatic hydroxyl groups excluding tert-OH is 2. The summed E-state index contributed by atoms with van der Waals surface area (Å²) in [6.07, 6.45) is 3.17. The number of anilines is 1. The van der Waals surface area contributed by atoms with Crippen molar-refractivity contribution in [1.82, 2.24) is 15.3 Å². The zero-order chi connectivity index (χ0) is 27.6. The van der Waals surface area contributed by atoms with Gasteiger partial charge in [-0.25, -0.2) is 4.98 Å². The molecule has 0 saturated heterocycles. The minimum Gasteiger partial charge on any atom is -0.417 e. The molecule has 3 N–H and O–H groups in total. The van der Waals surface area contributed by atoms with Crippen molar-refractivity contribution < 1.29 is 85.2 Å². The number of nitrogens with one attached hydrogen (secondary N) is 1. The van der Waals surface area contributed by atoms with Crippen LogP contribution < -0.4 is 10.2 Å². The number of ketones is 2. The van der Waals surface area contributed by atoms with Gasteiger partial charge in [-0.1, -0.05) is 0 Å². The van der Waals surface area contributed by atoms with Crippen LogP contribution in [0.3, 0.4) is 0 Å². The molecule has 206 valence electrons. The number of nitrogens with zero attached hydrogens (tertiary/aromatic N) is 3. The van der Waals surface area contributed by atoms with Crippen LogP contribution in [0.15, 0.2) is 36.7 Å². The summed E-state index contributed by atoms with van der Waals surface area (Å²) in [5.74, 6) is 0.896. The summed E-state index contributed by atoms with van der Waals surface area (Å²) in [4.78, 5) is 31.8. The second kappa shape index (κ2) is 33.6. The minimum absolute atomic E-state index is 0. The summed E-state index contributed by atoms with van der Waals surface area (Å²) in [7, 11) is 0. The second-order valence-electron chi connectivity index (χ2n) is 6.58. The Morgan fingerprint density at radius 2 is 1.19 bits per heavy atom. The Morgan fingerprint density at radius 1 is 0.811 bits per heavy atom. The first kappa shape index (κ1) is 46.4. The molecule has 8 nitrogen and oxygen atoms in total. The number of Topliss-reactive ketones (excluding diaryl/α,β-unsaturated/α-hetero) is 2. The molecule has 0 aliphatic carbocycles. The van der Waals surface area contributed by atoms with E-state index in [1.807, 2.05) is 24.0 Å². The van der Waals surface area contributed by atoms with Crippen LogP contribution >= 0.6 is 0 Å². The maximum absolute atomic E-state index is 11.0. The molecule has 0 fully saturated rings. The van der Waals surface area contributed by atoms with Crippen LogP contribution in [0, 0.1) is 34.6 Å². The van der Waals surface area contributed by atoms with Gasteiger partial charge < -0.3 is 48.1 Å². The Bertz CT molecular complexity index is 754. The van der Waals surface area contributed by atoms with E-state index in [4.69, 9.17) is 10.2 Å².